The summed E-state index contributed by atoms with van der Waals surface area (Å²) in [5.74, 6) is -5.78. The maximum atomic E-state index is 14.3. The third-order valence-corrected chi connectivity index (χ3v) is 9.73. The summed E-state index contributed by atoms with van der Waals surface area (Å²) in [5.41, 5.74) is 5.96. The van der Waals surface area contributed by atoms with Crippen LogP contribution in [0, 0.1) is 11.8 Å². The first kappa shape index (κ1) is 46.1. The van der Waals surface area contributed by atoms with E-state index < -0.39 is 103 Å². The first-order valence-electron chi connectivity index (χ1n) is 19.3. The number of carbonyl (C=O) groups excluding carboxylic acids is 7. The van der Waals surface area contributed by atoms with Gasteiger partial charge < -0.3 is 57.4 Å². The highest BCUT2D eigenvalue weighted by atomic mass is 16.4. The lowest BCUT2D eigenvalue weighted by Gasteiger charge is -2.34. The molecule has 0 unspecified atom stereocenters. The number of nitrogens with zero attached hydrogens (tertiary/aromatic N) is 2. The van der Waals surface area contributed by atoms with Crippen LogP contribution in [0.15, 0.2) is 24.3 Å². The molecule has 2 fully saturated rings. The molecule has 19 heteroatoms. The molecule has 19 nitrogen and oxygen atoms in total. The van der Waals surface area contributed by atoms with Crippen LogP contribution < -0.4 is 32.3 Å². The minimum absolute atomic E-state index is 0.00288. The third kappa shape index (κ3) is 14.0. The lowest BCUT2D eigenvalue weighted by Crippen LogP contribution is -2.59. The topological polar surface area (TPSA) is 290 Å². The molecule has 0 radical (unpaired) electrons. The van der Waals surface area contributed by atoms with Gasteiger partial charge in [0.2, 0.25) is 41.4 Å². The number of hydrogen-bond acceptors (Lipinski definition) is 11. The monoisotopic (exact) mass is 802 g/mol. The number of aromatic hydroxyl groups is 1. The fraction of sp³-hybridized carbons (Fsp3) is 0.632. The molecule has 1 aromatic rings. The minimum atomic E-state index is -1.26. The van der Waals surface area contributed by atoms with E-state index in [4.69, 9.17) is 10.8 Å². The zero-order valence-corrected chi connectivity index (χ0v) is 33.0. The number of carboxylic acids is 1. The number of hydrogen-bond donors (Lipinski definition) is 9. The highest BCUT2D eigenvalue weighted by Crippen LogP contribution is 2.27. The smallest absolute Gasteiger partial charge is 0.326 e. The molecular formula is C38H58N8O11. The van der Waals surface area contributed by atoms with Gasteiger partial charge in [-0.25, -0.2) is 4.79 Å². The van der Waals surface area contributed by atoms with E-state index in [0.29, 0.717) is 31.2 Å². The van der Waals surface area contributed by atoms with Crippen LogP contribution in [-0.2, 0) is 44.8 Å². The predicted molar refractivity (Wildman–Crippen MR) is 205 cm³/mol. The molecule has 1 aromatic carbocycles. The van der Waals surface area contributed by atoms with Gasteiger partial charge in [-0.05, 0) is 68.1 Å². The number of aliphatic hydroxyl groups excluding tert-OH is 1. The van der Waals surface area contributed by atoms with Gasteiger partial charge in [-0.1, -0.05) is 39.8 Å². The van der Waals surface area contributed by atoms with E-state index >= 15 is 0 Å². The Hall–Kier alpha value is -5.30. The molecule has 0 aromatic heterocycles. The van der Waals surface area contributed by atoms with Gasteiger partial charge in [-0.3, -0.25) is 33.6 Å². The van der Waals surface area contributed by atoms with Crippen LogP contribution in [0.5, 0.6) is 5.75 Å². The zero-order chi connectivity index (χ0) is 42.4. The average molecular weight is 803 g/mol. The number of likely N-dealkylation sites (tertiary alicyclic amines) is 2. The van der Waals surface area contributed by atoms with Crippen molar-refractivity contribution >= 4 is 47.3 Å². The van der Waals surface area contributed by atoms with Gasteiger partial charge in [0.1, 0.15) is 42.0 Å². The van der Waals surface area contributed by atoms with Crippen LogP contribution >= 0.6 is 0 Å². The highest BCUT2D eigenvalue weighted by molar-refractivity contribution is 5.97. The Kier molecular flexibility index (Phi) is 17.7. The molecule has 2 aliphatic heterocycles. The van der Waals surface area contributed by atoms with Crippen molar-refractivity contribution in [1.82, 2.24) is 36.4 Å². The lowest BCUT2D eigenvalue weighted by atomic mass is 10.00. The zero-order valence-electron chi connectivity index (χ0n) is 33.0. The normalized spacial score (nSPS) is 18.7. The fourth-order valence-electron chi connectivity index (χ4n) is 6.85. The Morgan fingerprint density at radius 3 is 1.91 bits per heavy atom. The van der Waals surface area contributed by atoms with Gasteiger partial charge in [-0.2, -0.15) is 0 Å². The number of aliphatic hydroxyl groups is 1. The summed E-state index contributed by atoms with van der Waals surface area (Å²) in [7, 11) is 0. The van der Waals surface area contributed by atoms with Crippen molar-refractivity contribution in [3.8, 4) is 5.75 Å². The van der Waals surface area contributed by atoms with Crippen LogP contribution in [0.1, 0.15) is 71.8 Å². The van der Waals surface area contributed by atoms with Crippen molar-refractivity contribution in [2.45, 2.75) is 109 Å². The van der Waals surface area contributed by atoms with Crippen molar-refractivity contribution < 1.29 is 53.7 Å². The van der Waals surface area contributed by atoms with Gasteiger partial charge in [0.25, 0.3) is 0 Å². The Balaban J connectivity index is 1.75. The molecule has 57 heavy (non-hydrogen) atoms. The number of nitrogens with two attached hydrogens (primary N) is 1. The minimum Gasteiger partial charge on any atom is -0.508 e. The van der Waals surface area contributed by atoms with Gasteiger partial charge >= 0.3 is 5.97 Å². The maximum Gasteiger partial charge on any atom is 0.326 e. The van der Waals surface area contributed by atoms with Gasteiger partial charge in [0.05, 0.1) is 19.7 Å². The number of carbonyl (C=O) groups is 8. The van der Waals surface area contributed by atoms with Crippen LogP contribution in [0.25, 0.3) is 0 Å². The number of rotatable bonds is 20. The Morgan fingerprint density at radius 1 is 0.737 bits per heavy atom. The molecule has 3 rings (SSSR count). The Bertz CT molecular complexity index is 1610. The van der Waals surface area contributed by atoms with Crippen LogP contribution in [-0.4, -0.2) is 141 Å². The second-order valence-electron chi connectivity index (χ2n) is 15.4. The number of phenolic OH excluding ortho intramolecular Hbond substituents is 1. The number of nitrogens with one attached hydrogen (secondary N) is 5. The third-order valence-electron chi connectivity index (χ3n) is 9.73. The molecule has 316 valence electrons. The molecule has 7 amide bonds. The molecule has 6 atom stereocenters. The predicted octanol–water partition coefficient (Wildman–Crippen LogP) is -1.90. The van der Waals surface area contributed by atoms with Crippen LogP contribution in [0.4, 0.5) is 0 Å². The standard InChI is InChI=1S/C38H58N8O11/c1-21(2)15-27(36(54)46-14-6-8-30(46)37(55)45-13-5-7-29(45)35(53)44-28(38(56)57)16-22(3)4)43-34(52)26(17-23-9-11-24(48)12-10-23)42-32(50)19-40-31(49)18-41-33(51)25(39)20-47/h9-12,21-22,25-30,47-48H,5-8,13-20,39H2,1-4H3,(H,40,49)(H,41,51)(H,42,50)(H,43,52)(H,44,53)(H,56,57)/t25-,26-,27-,28-,29-,30-/m0/s1. The molecule has 2 saturated heterocycles. The summed E-state index contributed by atoms with van der Waals surface area (Å²) < 4.78 is 0. The van der Waals surface area contributed by atoms with E-state index in [2.05, 4.69) is 26.6 Å². The summed E-state index contributed by atoms with van der Waals surface area (Å²) >= 11 is 0. The first-order valence-corrected chi connectivity index (χ1v) is 19.3. The number of amides is 7. The van der Waals surface area contributed by atoms with Crippen LogP contribution in [0.2, 0.25) is 0 Å². The lowest BCUT2D eigenvalue weighted by molar-refractivity contribution is -0.149. The van der Waals surface area contributed by atoms with E-state index in [-0.39, 0.29) is 49.9 Å². The van der Waals surface area contributed by atoms with E-state index in [0.717, 1.165) is 0 Å². The van der Waals surface area contributed by atoms with Crippen molar-refractivity contribution in [3.05, 3.63) is 29.8 Å². The summed E-state index contributed by atoms with van der Waals surface area (Å²) in [6.07, 6.45) is 2.02. The maximum absolute atomic E-state index is 14.3. The Labute approximate surface area is 331 Å². The molecule has 10 N–H and O–H groups in total. The summed E-state index contributed by atoms with van der Waals surface area (Å²) in [6.45, 7) is 6.15. The first-order chi connectivity index (χ1) is 26.9. The van der Waals surface area contributed by atoms with Crippen molar-refractivity contribution in [2.24, 2.45) is 17.6 Å². The summed E-state index contributed by atoms with van der Waals surface area (Å²) in [4.78, 5) is 107. The molecular weight excluding hydrogens is 744 g/mol. The number of benzene rings is 1. The van der Waals surface area contributed by atoms with E-state index in [1.54, 1.807) is 12.1 Å². The molecule has 0 bridgehead atoms. The number of aliphatic carboxylic acids is 1. The number of phenols is 1. The van der Waals surface area contributed by atoms with Gasteiger partial charge in [-0.15, -0.1) is 0 Å². The second kappa shape index (κ2) is 21.9. The van der Waals surface area contributed by atoms with E-state index in [1.165, 1.54) is 21.9 Å². The highest BCUT2D eigenvalue weighted by Gasteiger charge is 2.44. The van der Waals surface area contributed by atoms with E-state index in [1.807, 2.05) is 27.7 Å². The number of carboxylic acid groups (broad SMARTS) is 1. The van der Waals surface area contributed by atoms with E-state index in [9.17, 15) is 48.6 Å². The van der Waals surface area contributed by atoms with Crippen molar-refractivity contribution in [3.63, 3.8) is 0 Å². The SMILES string of the molecule is CC(C)C[C@H](NC(=O)[C@@H]1CCCN1C(=O)[C@@H]1CCCN1C(=O)[C@H](CC(C)C)NC(=O)[C@H](Cc1ccc(O)cc1)NC(=O)CNC(=O)CNC(=O)[C@@H](N)CO)C(=O)O. The largest absolute Gasteiger partial charge is 0.508 e. The molecule has 0 saturated carbocycles. The average Bonchev–Trinajstić information content (AvgIpc) is 3.86. The Morgan fingerprint density at radius 2 is 1.32 bits per heavy atom. The van der Waals surface area contributed by atoms with Gasteiger partial charge in [0, 0.05) is 19.5 Å². The van der Waals surface area contributed by atoms with Crippen molar-refractivity contribution in [2.75, 3.05) is 32.8 Å². The van der Waals surface area contributed by atoms with Crippen LogP contribution in [0.3, 0.4) is 0 Å². The quantitative estimate of drug-likeness (QED) is 0.0699. The molecule has 2 aliphatic rings. The van der Waals surface area contributed by atoms with Crippen molar-refractivity contribution in [1.29, 1.82) is 0 Å². The molecule has 0 aliphatic carbocycles. The van der Waals surface area contributed by atoms with Gasteiger partial charge in [0.15, 0.2) is 0 Å². The molecule has 0 spiro atoms. The molecule has 2 heterocycles. The summed E-state index contributed by atoms with van der Waals surface area (Å²) in [5, 5.41) is 40.9. The summed E-state index contributed by atoms with van der Waals surface area (Å²) in [6, 6.07) is -0.592. The second-order valence-corrected chi connectivity index (χ2v) is 15.4. The fourth-order valence-corrected chi connectivity index (χ4v) is 6.85.